The smallest absolute Gasteiger partial charge is 0.315 e. The number of aromatic nitrogens is 1. The van der Waals surface area contributed by atoms with Gasteiger partial charge in [-0.2, -0.15) is 13.2 Å². The number of amides is 2. The van der Waals surface area contributed by atoms with E-state index in [0.29, 0.717) is 18.6 Å². The molecule has 9 heteroatoms. The highest BCUT2D eigenvalue weighted by molar-refractivity contribution is 8.01. The maximum atomic E-state index is 12.7. The van der Waals surface area contributed by atoms with Crippen LogP contribution in [0.5, 0.6) is 0 Å². The van der Waals surface area contributed by atoms with Gasteiger partial charge in [0.05, 0.1) is 4.87 Å². The maximum absolute atomic E-state index is 12.7. The zero-order valence-corrected chi connectivity index (χ0v) is 13.0. The zero-order chi connectivity index (χ0) is 16.8. The summed E-state index contributed by atoms with van der Waals surface area (Å²) in [6.07, 6.45) is -3.52. The first-order valence-electron chi connectivity index (χ1n) is 7.02. The lowest BCUT2D eigenvalue weighted by atomic mass is 10.2. The molecule has 2 aliphatic rings. The molecule has 0 saturated carbocycles. The van der Waals surface area contributed by atoms with Gasteiger partial charge in [0.15, 0.2) is 0 Å². The summed E-state index contributed by atoms with van der Waals surface area (Å²) in [7, 11) is 0. The molecule has 2 fully saturated rings. The number of carbonyl (C=O) groups is 2. The molecule has 0 bridgehead atoms. The fourth-order valence-corrected chi connectivity index (χ4v) is 4.32. The van der Waals surface area contributed by atoms with Gasteiger partial charge >= 0.3 is 6.18 Å². The molecule has 5 nitrogen and oxygen atoms in total. The van der Waals surface area contributed by atoms with E-state index in [2.05, 4.69) is 10.3 Å². The van der Waals surface area contributed by atoms with Gasteiger partial charge < -0.3 is 10.2 Å². The third-order valence-electron chi connectivity index (χ3n) is 4.04. The molecule has 1 N–H and O–H groups in total. The summed E-state index contributed by atoms with van der Waals surface area (Å²) in [4.78, 5) is 28.9. The van der Waals surface area contributed by atoms with Crippen LogP contribution in [0.2, 0.25) is 0 Å². The van der Waals surface area contributed by atoms with Crippen LogP contribution in [0, 0.1) is 0 Å². The molecule has 124 valence electrons. The van der Waals surface area contributed by atoms with E-state index in [1.165, 1.54) is 23.9 Å². The third-order valence-corrected chi connectivity index (χ3v) is 5.54. The molecule has 2 amide bonds. The molecule has 23 heavy (non-hydrogen) atoms. The van der Waals surface area contributed by atoms with E-state index in [0.717, 1.165) is 6.07 Å². The Hall–Kier alpha value is -1.77. The van der Waals surface area contributed by atoms with Gasteiger partial charge in [0, 0.05) is 12.2 Å². The number of rotatable bonds is 2. The van der Waals surface area contributed by atoms with Gasteiger partial charge in [0.2, 0.25) is 11.8 Å². The lowest BCUT2D eigenvalue weighted by Gasteiger charge is -2.29. The molecule has 2 unspecified atom stereocenters. The molecule has 3 rings (SSSR count). The van der Waals surface area contributed by atoms with Gasteiger partial charge in [-0.25, -0.2) is 4.98 Å². The number of alkyl halides is 3. The van der Waals surface area contributed by atoms with Gasteiger partial charge in [-0.3, -0.25) is 9.59 Å². The lowest BCUT2D eigenvalue weighted by molar-refractivity contribution is -0.141. The summed E-state index contributed by atoms with van der Waals surface area (Å²) in [5.41, 5.74) is -1.07. The van der Waals surface area contributed by atoms with Crippen LogP contribution in [0.3, 0.4) is 0 Å². The first kappa shape index (κ1) is 16.1. The number of carbonyl (C=O) groups excluding carboxylic acids is 2. The summed E-state index contributed by atoms with van der Waals surface area (Å²) >= 11 is 1.52. The normalized spacial score (nSPS) is 27.2. The largest absolute Gasteiger partial charge is 0.433 e. The Morgan fingerprint density at radius 1 is 1.48 bits per heavy atom. The number of thioether (sulfide) groups is 1. The van der Waals surface area contributed by atoms with Crippen LogP contribution >= 0.6 is 11.8 Å². The highest BCUT2D eigenvalue weighted by Crippen LogP contribution is 2.47. The highest BCUT2D eigenvalue weighted by atomic mass is 32.2. The minimum absolute atomic E-state index is 0.102. The van der Waals surface area contributed by atoms with E-state index in [4.69, 9.17) is 0 Å². The van der Waals surface area contributed by atoms with Gasteiger partial charge in [-0.15, -0.1) is 11.8 Å². The minimum Gasteiger partial charge on any atom is -0.315 e. The van der Waals surface area contributed by atoms with Crippen molar-refractivity contribution in [1.29, 1.82) is 0 Å². The van der Waals surface area contributed by atoms with Gasteiger partial charge in [-0.1, -0.05) is 6.07 Å². The van der Waals surface area contributed by atoms with Gasteiger partial charge in [0.1, 0.15) is 17.6 Å². The van der Waals surface area contributed by atoms with Gasteiger partial charge in [-0.05, 0) is 25.5 Å². The van der Waals surface area contributed by atoms with Crippen LogP contribution in [0.1, 0.15) is 25.5 Å². The Balaban J connectivity index is 1.77. The van der Waals surface area contributed by atoms with Crippen LogP contribution in [-0.4, -0.2) is 38.4 Å². The second kappa shape index (κ2) is 5.40. The number of nitrogens with one attached hydrogen (secondary N) is 1. The molecular formula is C14H14F3N3O2S. The Labute approximate surface area is 134 Å². The number of halogens is 3. The average Bonchev–Trinajstić information content (AvgIpc) is 2.95. The van der Waals surface area contributed by atoms with Gasteiger partial charge in [0.25, 0.3) is 0 Å². The first-order chi connectivity index (χ1) is 10.7. The Kier molecular flexibility index (Phi) is 3.78. The molecule has 2 aliphatic heterocycles. The van der Waals surface area contributed by atoms with E-state index >= 15 is 0 Å². The van der Waals surface area contributed by atoms with Crippen molar-refractivity contribution in [2.24, 2.45) is 0 Å². The SMILES string of the molecule is CC12CCC(=O)N1C(C(=O)Nc1cccc(C(F)(F)F)n1)CS2. The second-order valence-electron chi connectivity index (χ2n) is 5.66. The summed E-state index contributed by atoms with van der Waals surface area (Å²) in [6, 6.07) is 2.62. The first-order valence-corrected chi connectivity index (χ1v) is 8.00. The van der Waals surface area contributed by atoms with E-state index in [9.17, 15) is 22.8 Å². The number of fused-ring (bicyclic) bond motifs is 1. The quantitative estimate of drug-likeness (QED) is 0.895. The molecule has 2 saturated heterocycles. The van der Waals surface area contributed by atoms with Crippen LogP contribution < -0.4 is 5.32 Å². The van der Waals surface area contributed by atoms with Crippen molar-refractivity contribution >= 4 is 29.4 Å². The Morgan fingerprint density at radius 2 is 2.22 bits per heavy atom. The van der Waals surface area contributed by atoms with Crippen molar-refractivity contribution in [3.63, 3.8) is 0 Å². The Bertz CT molecular complexity index is 667. The summed E-state index contributed by atoms with van der Waals surface area (Å²) < 4.78 is 38.0. The predicted molar refractivity (Wildman–Crippen MR) is 78.6 cm³/mol. The number of hydrogen-bond acceptors (Lipinski definition) is 4. The second-order valence-corrected chi connectivity index (χ2v) is 7.16. The minimum atomic E-state index is -4.58. The van der Waals surface area contributed by atoms with E-state index < -0.39 is 28.7 Å². The topological polar surface area (TPSA) is 62.3 Å². The standard InChI is InChI=1S/C14H14F3N3O2S/c1-13-6-5-11(21)20(13)8(7-23-13)12(22)19-10-4-2-3-9(18-10)14(15,16)17/h2-4,8H,5-7H2,1H3,(H,18,19,22). The number of nitrogens with zero attached hydrogens (tertiary/aromatic N) is 2. The summed E-state index contributed by atoms with van der Waals surface area (Å²) in [5.74, 6) is -0.361. The summed E-state index contributed by atoms with van der Waals surface area (Å²) in [5, 5.41) is 2.39. The van der Waals surface area contributed by atoms with Crippen molar-refractivity contribution in [3.05, 3.63) is 23.9 Å². The van der Waals surface area contributed by atoms with Crippen LogP contribution in [-0.2, 0) is 15.8 Å². The van der Waals surface area contributed by atoms with Crippen LogP contribution in [0.25, 0.3) is 0 Å². The molecule has 1 aromatic heterocycles. The predicted octanol–water partition coefficient (Wildman–Crippen LogP) is 2.49. The van der Waals surface area contributed by atoms with Crippen LogP contribution in [0.4, 0.5) is 19.0 Å². The Morgan fingerprint density at radius 3 is 2.91 bits per heavy atom. The number of anilines is 1. The van der Waals surface area contributed by atoms with E-state index in [1.807, 2.05) is 6.92 Å². The molecule has 0 aromatic carbocycles. The van der Waals surface area contributed by atoms with Crippen molar-refractivity contribution in [1.82, 2.24) is 9.88 Å². The van der Waals surface area contributed by atoms with Crippen molar-refractivity contribution < 1.29 is 22.8 Å². The molecule has 3 heterocycles. The third kappa shape index (κ3) is 2.89. The van der Waals surface area contributed by atoms with Crippen molar-refractivity contribution in [3.8, 4) is 0 Å². The average molecular weight is 345 g/mol. The maximum Gasteiger partial charge on any atom is 0.433 e. The van der Waals surface area contributed by atoms with E-state index in [1.54, 1.807) is 4.90 Å². The summed E-state index contributed by atoms with van der Waals surface area (Å²) in [6.45, 7) is 1.90. The fourth-order valence-electron chi connectivity index (χ4n) is 2.89. The molecule has 0 spiro atoms. The monoisotopic (exact) mass is 345 g/mol. The highest BCUT2D eigenvalue weighted by Gasteiger charge is 2.52. The van der Waals surface area contributed by atoms with E-state index in [-0.39, 0.29) is 11.7 Å². The lowest BCUT2D eigenvalue weighted by Crippen LogP contribution is -2.48. The van der Waals surface area contributed by atoms with Crippen LogP contribution in [0.15, 0.2) is 18.2 Å². The fraction of sp³-hybridized carbons (Fsp3) is 0.500. The molecule has 0 radical (unpaired) electrons. The zero-order valence-electron chi connectivity index (χ0n) is 12.2. The van der Waals surface area contributed by atoms with Crippen molar-refractivity contribution in [2.45, 2.75) is 36.9 Å². The molecule has 2 atom stereocenters. The molecular weight excluding hydrogens is 331 g/mol. The molecule has 1 aromatic rings. The number of pyridine rings is 1. The molecule has 0 aliphatic carbocycles. The number of hydrogen-bond donors (Lipinski definition) is 1. The van der Waals surface area contributed by atoms with Crippen molar-refractivity contribution in [2.75, 3.05) is 11.1 Å².